The summed E-state index contributed by atoms with van der Waals surface area (Å²) in [4.78, 5) is 31.1. The summed E-state index contributed by atoms with van der Waals surface area (Å²) in [6.45, 7) is 5.99. The Morgan fingerprint density at radius 2 is 1.82 bits per heavy atom. The maximum Gasteiger partial charge on any atom is 0.302 e. The van der Waals surface area contributed by atoms with Gasteiger partial charge in [0.15, 0.2) is 5.16 Å². The van der Waals surface area contributed by atoms with E-state index < -0.39 is 0 Å². The Balaban J connectivity index is 1.58. The van der Waals surface area contributed by atoms with Gasteiger partial charge in [0.25, 0.3) is 0 Å². The largest absolute Gasteiger partial charge is 0.448 e. The lowest BCUT2D eigenvalue weighted by Gasteiger charge is -2.13. The molecule has 0 saturated carbocycles. The summed E-state index contributed by atoms with van der Waals surface area (Å²) in [5, 5.41) is 4.12. The summed E-state index contributed by atoms with van der Waals surface area (Å²) in [5.74, 6) is -0.0689. The zero-order valence-electron chi connectivity index (χ0n) is 19.1. The van der Waals surface area contributed by atoms with Crippen LogP contribution in [0.4, 0.5) is 5.69 Å². The van der Waals surface area contributed by atoms with Crippen LogP contribution >= 0.6 is 11.8 Å². The van der Waals surface area contributed by atoms with Gasteiger partial charge in [-0.3, -0.25) is 14.2 Å². The number of rotatable bonds is 5. The van der Waals surface area contributed by atoms with Crippen LogP contribution in [0.2, 0.25) is 0 Å². The lowest BCUT2D eigenvalue weighted by Crippen LogP contribution is -2.22. The van der Waals surface area contributed by atoms with Crippen LogP contribution in [-0.2, 0) is 4.79 Å². The first-order valence-corrected chi connectivity index (χ1v) is 11.9. The molecular weight excluding hydrogens is 446 g/mol. The Morgan fingerprint density at radius 1 is 1.00 bits per heavy atom. The molecule has 2 heterocycles. The number of aromatic nitrogens is 2. The highest BCUT2D eigenvalue weighted by atomic mass is 32.2. The molecule has 0 aliphatic heterocycles. The molecule has 7 heteroatoms. The highest BCUT2D eigenvalue weighted by molar-refractivity contribution is 7.99. The van der Waals surface area contributed by atoms with Crippen LogP contribution in [-0.4, -0.2) is 21.2 Å². The second kappa shape index (κ2) is 8.83. The van der Waals surface area contributed by atoms with Crippen LogP contribution in [0.5, 0.6) is 0 Å². The average Bonchev–Trinajstić information content (AvgIpc) is 3.19. The molecule has 0 atom stereocenters. The van der Waals surface area contributed by atoms with E-state index in [2.05, 4.69) is 5.32 Å². The first-order valence-electron chi connectivity index (χ1n) is 10.9. The quantitative estimate of drug-likeness (QED) is 0.260. The fourth-order valence-corrected chi connectivity index (χ4v) is 4.67. The van der Waals surface area contributed by atoms with Crippen molar-refractivity contribution in [2.45, 2.75) is 25.9 Å². The highest BCUT2D eigenvalue weighted by Crippen LogP contribution is 2.29. The number of benzene rings is 3. The SMILES string of the molecule is Cc1cccc(NC(=O)CSc2nc3c(oc4ccccc43)c(=O)n2-c2ccc(C)c(C)c2)c1. The second-order valence-electron chi connectivity index (χ2n) is 8.29. The molecule has 0 spiro atoms. The number of para-hydroxylation sites is 1. The molecule has 6 nitrogen and oxygen atoms in total. The van der Waals surface area contributed by atoms with Crippen LogP contribution < -0.4 is 10.9 Å². The maximum absolute atomic E-state index is 13.6. The van der Waals surface area contributed by atoms with Crippen molar-refractivity contribution in [2.75, 3.05) is 11.1 Å². The van der Waals surface area contributed by atoms with Gasteiger partial charge in [-0.2, -0.15) is 0 Å². The number of hydrogen-bond donors (Lipinski definition) is 1. The molecule has 5 aromatic rings. The Morgan fingerprint density at radius 3 is 2.62 bits per heavy atom. The van der Waals surface area contributed by atoms with Gasteiger partial charge in [0.05, 0.1) is 11.4 Å². The third-order valence-corrected chi connectivity index (χ3v) is 6.69. The molecule has 0 saturated heterocycles. The van der Waals surface area contributed by atoms with Crippen LogP contribution in [0.3, 0.4) is 0 Å². The summed E-state index contributed by atoms with van der Waals surface area (Å²) < 4.78 is 7.42. The number of aryl methyl sites for hydroxylation is 3. The van der Waals surface area contributed by atoms with Gasteiger partial charge in [0, 0.05) is 11.1 Å². The molecule has 0 fully saturated rings. The van der Waals surface area contributed by atoms with Crippen LogP contribution in [0, 0.1) is 20.8 Å². The predicted molar refractivity (Wildman–Crippen MR) is 137 cm³/mol. The summed E-state index contributed by atoms with van der Waals surface area (Å²) in [7, 11) is 0. The molecule has 0 aliphatic rings. The van der Waals surface area contributed by atoms with E-state index in [1.165, 1.54) is 16.3 Å². The first-order chi connectivity index (χ1) is 16.4. The van der Waals surface area contributed by atoms with Crippen molar-refractivity contribution in [1.29, 1.82) is 0 Å². The molecule has 1 amide bonds. The van der Waals surface area contributed by atoms with Gasteiger partial charge in [-0.05, 0) is 73.9 Å². The topological polar surface area (TPSA) is 77.1 Å². The Kier molecular flexibility index (Phi) is 5.71. The number of thioether (sulfide) groups is 1. The van der Waals surface area contributed by atoms with E-state index in [4.69, 9.17) is 9.40 Å². The minimum Gasteiger partial charge on any atom is -0.448 e. The minimum atomic E-state index is -0.300. The lowest BCUT2D eigenvalue weighted by molar-refractivity contribution is -0.113. The molecule has 0 bridgehead atoms. The molecule has 34 heavy (non-hydrogen) atoms. The van der Waals surface area contributed by atoms with E-state index in [0.717, 1.165) is 27.8 Å². The fourth-order valence-electron chi connectivity index (χ4n) is 3.86. The summed E-state index contributed by atoms with van der Waals surface area (Å²) in [5.41, 5.74) is 5.68. The first kappa shape index (κ1) is 22.0. The van der Waals surface area contributed by atoms with Crippen molar-refractivity contribution in [1.82, 2.24) is 9.55 Å². The van der Waals surface area contributed by atoms with Crippen molar-refractivity contribution < 1.29 is 9.21 Å². The van der Waals surface area contributed by atoms with E-state index in [-0.39, 0.29) is 22.8 Å². The standard InChI is InChI=1S/C27H23N3O3S/c1-16-7-6-8-19(13-16)28-23(31)15-34-27-29-24-21-9-4-5-10-22(21)33-25(24)26(32)30(27)20-12-11-17(2)18(3)14-20/h4-14H,15H2,1-3H3,(H,28,31). The number of nitrogens with zero attached hydrogens (tertiary/aromatic N) is 2. The van der Waals surface area contributed by atoms with E-state index >= 15 is 0 Å². The highest BCUT2D eigenvalue weighted by Gasteiger charge is 2.20. The molecule has 170 valence electrons. The van der Waals surface area contributed by atoms with Gasteiger partial charge in [-0.15, -0.1) is 0 Å². The lowest BCUT2D eigenvalue weighted by atomic mass is 10.1. The van der Waals surface area contributed by atoms with Crippen molar-refractivity contribution in [3.8, 4) is 5.69 Å². The van der Waals surface area contributed by atoms with Gasteiger partial charge >= 0.3 is 5.56 Å². The monoisotopic (exact) mass is 469 g/mol. The molecule has 0 unspecified atom stereocenters. The Hall–Kier alpha value is -3.84. The van der Waals surface area contributed by atoms with E-state index in [1.807, 2.05) is 87.5 Å². The maximum atomic E-state index is 13.6. The molecular formula is C27H23N3O3S. The molecule has 5 rings (SSSR count). The van der Waals surface area contributed by atoms with Gasteiger partial charge < -0.3 is 9.73 Å². The number of anilines is 1. The molecule has 0 aliphatic carbocycles. The zero-order valence-corrected chi connectivity index (χ0v) is 19.9. The van der Waals surface area contributed by atoms with Gasteiger partial charge in [-0.1, -0.05) is 42.1 Å². The predicted octanol–water partition coefficient (Wildman–Crippen LogP) is 5.79. The van der Waals surface area contributed by atoms with Crippen LogP contribution in [0.25, 0.3) is 27.8 Å². The number of fused-ring (bicyclic) bond motifs is 3. The average molecular weight is 470 g/mol. The Labute approximate surface area is 200 Å². The fraction of sp³-hybridized carbons (Fsp3) is 0.148. The number of furan rings is 1. The summed E-state index contributed by atoms with van der Waals surface area (Å²) in [6.07, 6.45) is 0. The van der Waals surface area contributed by atoms with Gasteiger partial charge in [-0.25, -0.2) is 4.98 Å². The summed E-state index contributed by atoms with van der Waals surface area (Å²) in [6, 6.07) is 20.9. The number of carbonyl (C=O) groups excluding carboxylic acids is 1. The normalized spacial score (nSPS) is 11.3. The van der Waals surface area contributed by atoms with E-state index in [1.54, 1.807) is 0 Å². The Bertz CT molecular complexity index is 1620. The zero-order chi connectivity index (χ0) is 23.8. The van der Waals surface area contributed by atoms with E-state index in [9.17, 15) is 9.59 Å². The van der Waals surface area contributed by atoms with Crippen molar-refractivity contribution in [2.24, 2.45) is 0 Å². The minimum absolute atomic E-state index is 0.104. The van der Waals surface area contributed by atoms with Gasteiger partial charge in [0.2, 0.25) is 11.5 Å². The summed E-state index contributed by atoms with van der Waals surface area (Å²) >= 11 is 1.22. The number of hydrogen-bond acceptors (Lipinski definition) is 5. The molecule has 1 N–H and O–H groups in total. The number of carbonyl (C=O) groups is 1. The van der Waals surface area contributed by atoms with Crippen molar-refractivity contribution in [3.05, 3.63) is 93.8 Å². The third kappa shape index (κ3) is 4.10. The van der Waals surface area contributed by atoms with Crippen LogP contribution in [0.1, 0.15) is 16.7 Å². The molecule has 2 aromatic heterocycles. The number of amides is 1. The second-order valence-corrected chi connectivity index (χ2v) is 9.23. The third-order valence-electron chi connectivity index (χ3n) is 5.75. The molecule has 0 radical (unpaired) electrons. The smallest absolute Gasteiger partial charge is 0.302 e. The molecule has 3 aromatic carbocycles. The van der Waals surface area contributed by atoms with Crippen LogP contribution in [0.15, 0.2) is 81.1 Å². The van der Waals surface area contributed by atoms with E-state index in [0.29, 0.717) is 21.9 Å². The van der Waals surface area contributed by atoms with Crippen molar-refractivity contribution in [3.63, 3.8) is 0 Å². The number of nitrogens with one attached hydrogen (secondary N) is 1. The van der Waals surface area contributed by atoms with Gasteiger partial charge in [0.1, 0.15) is 11.1 Å². The van der Waals surface area contributed by atoms with Crippen molar-refractivity contribution >= 4 is 45.4 Å².